The van der Waals surface area contributed by atoms with Crippen molar-refractivity contribution in [2.75, 3.05) is 0 Å². The zero-order chi connectivity index (χ0) is 93.9. The molecule has 1 aliphatic heterocycles. The molecule has 0 saturated carbocycles. The average Bonchev–Trinajstić information content (AvgIpc) is 1.54. The van der Waals surface area contributed by atoms with E-state index in [-0.39, 0.29) is 6.15 Å². The van der Waals surface area contributed by atoms with Gasteiger partial charge in [-0.25, -0.2) is 15.0 Å². The number of aldehydes is 1. The van der Waals surface area contributed by atoms with E-state index in [1.807, 2.05) is 140 Å². The van der Waals surface area contributed by atoms with Gasteiger partial charge in [0.2, 0.25) is 11.6 Å². The maximum atomic E-state index is 11.8. The molecule has 0 unspecified atom stereocenters. The zero-order valence-corrected chi connectivity index (χ0v) is 78.4. The first kappa shape index (κ1) is 94.2. The second kappa shape index (κ2) is 42.1. The predicted octanol–water partition coefficient (Wildman–Crippen LogP) is 30.8. The molecule has 0 aliphatic carbocycles. The Morgan fingerprint density at radius 3 is 1.13 bits per heavy atom. The molecule has 5 N–H and O–H groups in total. The van der Waals surface area contributed by atoms with Crippen molar-refractivity contribution in [3.63, 3.8) is 0 Å². The number of carboxylic acids is 1. The van der Waals surface area contributed by atoms with Crippen LogP contribution in [-0.2, 0) is 14.1 Å². The van der Waals surface area contributed by atoms with Crippen LogP contribution in [0, 0.1) is 0 Å². The average molecular weight is 1880 g/mol. The van der Waals surface area contributed by atoms with Crippen molar-refractivity contribution in [1.82, 2.24) is 34.9 Å². The van der Waals surface area contributed by atoms with Crippen molar-refractivity contribution in [3.05, 3.63) is 454 Å². The summed E-state index contributed by atoms with van der Waals surface area (Å²) >= 11 is 31.3. The number of nitrogens with one attached hydrogen (secondary N) is 1. The summed E-state index contributed by atoms with van der Waals surface area (Å²) < 4.78 is 17.4. The Bertz CT molecular complexity index is 7790. The van der Waals surface area contributed by atoms with E-state index in [0.717, 1.165) is 174 Å². The first-order valence-corrected chi connectivity index (χ1v) is 45.6. The molecule has 14 nitrogen and oxygen atoms in total. The number of rotatable bonds is 14. The third-order valence-corrected chi connectivity index (χ3v) is 25.0. The minimum atomic E-state index is -0.833. The highest BCUT2D eigenvalue weighted by Gasteiger charge is 2.52. The minimum absolute atomic E-state index is 0. The fraction of sp³-hybridized carbons (Fsp3) is 0.0603. The maximum absolute atomic E-state index is 11.8. The smallest absolute Gasteiger partial charge is 0.481 e. The summed E-state index contributed by atoms with van der Waals surface area (Å²) in [5, 5.41) is 17.4. The van der Waals surface area contributed by atoms with Gasteiger partial charge in [-0.1, -0.05) is 392 Å². The number of halogens is 5. The Morgan fingerprint density at radius 2 is 0.691 bits per heavy atom. The number of carboxylic acid groups (broad SMARTS) is 1. The number of ketones is 2. The first-order chi connectivity index (χ1) is 65.6. The summed E-state index contributed by atoms with van der Waals surface area (Å²) in [5.41, 5.74) is 22.8. The molecule has 6 heterocycles. The van der Waals surface area contributed by atoms with Crippen LogP contribution in [-0.4, -0.2) is 76.0 Å². The molecule has 1 aliphatic rings. The van der Waals surface area contributed by atoms with E-state index < -0.39 is 35.9 Å². The minimum Gasteiger partial charge on any atom is -0.481 e. The third kappa shape index (κ3) is 20.3. The lowest BCUT2D eigenvalue weighted by molar-refractivity contribution is -0.134. The Kier molecular flexibility index (Phi) is 29.2. The van der Waals surface area contributed by atoms with Crippen LogP contribution in [0.25, 0.3) is 156 Å². The number of H-pyrrole nitrogens is 1. The molecule has 0 radical (unpaired) electrons. The molecule has 21 aromatic rings. The number of pyridine rings is 2. The highest BCUT2D eigenvalue weighted by Crippen LogP contribution is 2.45. The van der Waals surface area contributed by atoms with Crippen LogP contribution < -0.4 is 11.6 Å². The number of benzene rings is 16. The molecule has 0 amide bonds. The largest absolute Gasteiger partial charge is 0.494 e. The molecule has 0 bridgehead atoms. The molecule has 16 aromatic carbocycles. The molecule has 20 heteroatoms. The SMILES string of the molecule is CC(=O)O.CC1(C)OB(c2ccc3c(c2)c2ccccc2n2c(-c4ccccc4)c(-c4ccccc4)nc32)OC1(C)C.Clc1ccc(-c2nc(-c3ccccc3)c(-c3ccccc3)[nH]2)c(-c2ccccc2Cl)c1.Clc1ccc2c(c1)c1ccccc1n1c(-c3ccccc3)c(-c3ccccc3)nc21.N.O=C(C(=O)c1ccccc1)c1ccccc1.O=Cc1ccc(Cl)cc1-c1ccccc1Cl. The molecule has 1 saturated heterocycles. The Balaban J connectivity index is 0.000000126. The van der Waals surface area contributed by atoms with Crippen LogP contribution in [0.15, 0.2) is 413 Å². The lowest BCUT2D eigenvalue weighted by Crippen LogP contribution is -2.41. The maximum Gasteiger partial charge on any atom is 0.494 e. The number of aliphatic carboxylic acids is 1. The highest BCUT2D eigenvalue weighted by atomic mass is 35.5. The second-order valence-electron chi connectivity index (χ2n) is 33.0. The van der Waals surface area contributed by atoms with Gasteiger partial charge in [-0.15, -0.1) is 0 Å². The van der Waals surface area contributed by atoms with Crippen LogP contribution in [0.4, 0.5) is 0 Å². The molecular formula is C116H89BCl5N7O7. The number of imidazole rings is 3. The zero-order valence-electron chi connectivity index (χ0n) is 74.6. The second-order valence-corrected chi connectivity index (χ2v) is 35.1. The van der Waals surface area contributed by atoms with Gasteiger partial charge in [0.1, 0.15) is 17.1 Å². The molecule has 0 spiro atoms. The highest BCUT2D eigenvalue weighted by molar-refractivity contribution is 6.62. The molecule has 668 valence electrons. The van der Waals surface area contributed by atoms with E-state index in [1.54, 1.807) is 72.8 Å². The standard InChI is InChI=1S/C33H29BN2O2.C27H18Cl2N2.C27H17ClN2.C14H10O2.C13H8Cl2O.C2H4O2.H3N/c1-32(2)33(3,4)38-34(37-32)24-19-20-26-27(21-24)25-17-11-12-18-28(25)36-30(23-15-9-6-10-16-23)29(35-31(26)36)22-13-7-5-8-14-22;28-20-15-16-22(23(17-20)21-13-7-8-14-24(21)29)27-30-25(18-9-3-1-4-10-18)26(31-27)19-11-5-2-6-12-19;28-20-15-16-22-23(17-20)21-13-7-8-14-24(21)30-26(19-11-5-2-6-12-19)25(29-27(22)30)18-9-3-1-4-10-18;15-13(11-7-3-1-4-8-11)14(16)12-9-5-2-6-10-12;14-10-6-5-9(8-16)12(7-10)11-3-1-2-4-13(11)15;1-2(3)4;/h5-21H,1-4H3;1-17H,(H,30,31);1-17H;1-10H;1-8H;1H3,(H,3,4);1H3. The number of fused-ring (bicyclic) bond motifs is 12. The van der Waals surface area contributed by atoms with Gasteiger partial charge in [0.05, 0.1) is 56.4 Å². The molecule has 136 heavy (non-hydrogen) atoms. The number of hydrogen-bond donors (Lipinski definition) is 3. The Hall–Kier alpha value is -15.0. The van der Waals surface area contributed by atoms with Gasteiger partial charge in [-0.05, 0) is 134 Å². The lowest BCUT2D eigenvalue weighted by Gasteiger charge is -2.32. The Morgan fingerprint density at radius 1 is 0.346 bits per heavy atom. The topological polar surface area (TPSA) is 205 Å². The summed E-state index contributed by atoms with van der Waals surface area (Å²) in [6.45, 7) is 9.45. The summed E-state index contributed by atoms with van der Waals surface area (Å²) in [7, 11) is -0.418. The van der Waals surface area contributed by atoms with Crippen molar-refractivity contribution in [1.29, 1.82) is 0 Å². The predicted molar refractivity (Wildman–Crippen MR) is 560 cm³/mol. The molecule has 1 fully saturated rings. The van der Waals surface area contributed by atoms with Crippen molar-refractivity contribution in [2.24, 2.45) is 0 Å². The van der Waals surface area contributed by atoms with Gasteiger partial charge >= 0.3 is 7.12 Å². The van der Waals surface area contributed by atoms with Gasteiger partial charge in [0.15, 0.2) is 6.29 Å². The number of carbonyl (C=O) groups excluding carboxylic acids is 3. The summed E-state index contributed by atoms with van der Waals surface area (Å²) in [4.78, 5) is 62.6. The van der Waals surface area contributed by atoms with Gasteiger partial charge in [-0.3, -0.25) is 28.0 Å². The quantitative estimate of drug-likeness (QED) is 0.0307. The normalized spacial score (nSPS) is 12.2. The number of aromatic nitrogens is 6. The van der Waals surface area contributed by atoms with Gasteiger partial charge in [0, 0.05) is 120 Å². The monoisotopic (exact) mass is 1880 g/mol. The Labute approximate surface area is 812 Å². The fourth-order valence-corrected chi connectivity index (χ4v) is 17.5. The first-order valence-electron chi connectivity index (χ1n) is 43.7. The number of Topliss-reactive ketones (excluding diaryl/α,β-unsaturated/α-hetero) is 2. The van der Waals surface area contributed by atoms with E-state index >= 15 is 0 Å². The van der Waals surface area contributed by atoms with Crippen molar-refractivity contribution >= 4 is 149 Å². The van der Waals surface area contributed by atoms with E-state index in [0.29, 0.717) is 36.8 Å². The van der Waals surface area contributed by atoms with E-state index in [2.05, 4.69) is 242 Å². The van der Waals surface area contributed by atoms with Gasteiger partial charge in [-0.2, -0.15) is 0 Å². The number of hydrogen-bond acceptors (Lipinski definition) is 10. The summed E-state index contributed by atoms with van der Waals surface area (Å²) in [6, 6.07) is 135. The fourth-order valence-electron chi connectivity index (χ4n) is 16.6. The van der Waals surface area contributed by atoms with Crippen LogP contribution in [0.1, 0.15) is 65.7 Å². The number of aromatic amines is 1. The molecule has 0 atom stereocenters. The van der Waals surface area contributed by atoms with Crippen LogP contribution in [0.5, 0.6) is 0 Å². The lowest BCUT2D eigenvalue weighted by atomic mass is 9.78. The molecular weight excluding hydrogens is 1790 g/mol. The van der Waals surface area contributed by atoms with E-state index in [9.17, 15) is 14.4 Å². The molecule has 22 rings (SSSR count). The van der Waals surface area contributed by atoms with Crippen molar-refractivity contribution in [2.45, 2.75) is 45.8 Å². The van der Waals surface area contributed by atoms with E-state index in [4.69, 9.17) is 92.2 Å². The third-order valence-electron chi connectivity index (χ3n) is 23.6. The summed E-state index contributed by atoms with van der Waals surface area (Å²) in [5.74, 6) is -0.997. The summed E-state index contributed by atoms with van der Waals surface area (Å²) in [6.07, 6.45) is 0.801. The van der Waals surface area contributed by atoms with Crippen LogP contribution in [0.2, 0.25) is 25.1 Å². The van der Waals surface area contributed by atoms with Crippen LogP contribution in [0.3, 0.4) is 0 Å². The van der Waals surface area contributed by atoms with Gasteiger partial charge in [0.25, 0.3) is 5.97 Å². The number of para-hydroxylation sites is 2. The number of nitrogens with zero attached hydrogens (tertiary/aromatic N) is 5. The van der Waals surface area contributed by atoms with Crippen molar-refractivity contribution < 1.29 is 33.6 Å². The van der Waals surface area contributed by atoms with Crippen molar-refractivity contribution in [3.8, 4) is 101 Å². The van der Waals surface area contributed by atoms with Gasteiger partial charge < -0.3 is 25.5 Å². The van der Waals surface area contributed by atoms with Crippen LogP contribution >= 0.6 is 58.0 Å². The number of carbonyl (C=O) groups is 4. The van der Waals surface area contributed by atoms with E-state index in [1.165, 1.54) is 5.39 Å². The molecule has 5 aromatic heterocycles.